The van der Waals surface area contributed by atoms with Crippen LogP contribution in [0.2, 0.25) is 0 Å². The number of hydrogen-bond acceptors (Lipinski definition) is 7. The molecule has 0 bridgehead atoms. The number of hydrogen-bond donors (Lipinski definition) is 1. The second-order valence-corrected chi connectivity index (χ2v) is 12.6. The summed E-state index contributed by atoms with van der Waals surface area (Å²) in [7, 11) is 4.42. The molecule has 4 aromatic rings. The first-order chi connectivity index (χ1) is 23.0. The van der Waals surface area contributed by atoms with Crippen molar-refractivity contribution in [2.24, 2.45) is 5.92 Å². The SMILES string of the molecule is COc1cc(C(=O)N2CCC(CCN3CCC(C(=O)c4nc5ccccc5[nH]4)CC3)(c3cccc(C(F)(F)F)c3)C2)cc(OC)c1OC. The first-order valence-corrected chi connectivity index (χ1v) is 16.0. The zero-order valence-corrected chi connectivity index (χ0v) is 27.2. The number of imidazole rings is 1. The number of aromatic nitrogens is 2. The fourth-order valence-corrected chi connectivity index (χ4v) is 7.10. The Balaban J connectivity index is 1.19. The summed E-state index contributed by atoms with van der Waals surface area (Å²) < 4.78 is 57.8. The Morgan fingerprint density at radius 1 is 0.938 bits per heavy atom. The second-order valence-electron chi connectivity index (χ2n) is 12.6. The lowest BCUT2D eigenvalue weighted by molar-refractivity contribution is -0.137. The Morgan fingerprint density at radius 2 is 1.65 bits per heavy atom. The minimum absolute atomic E-state index is 0.00280. The largest absolute Gasteiger partial charge is 0.493 e. The maximum Gasteiger partial charge on any atom is 0.416 e. The van der Waals surface area contributed by atoms with Crippen LogP contribution in [0.3, 0.4) is 0 Å². The van der Waals surface area contributed by atoms with Gasteiger partial charge in [-0.15, -0.1) is 0 Å². The van der Waals surface area contributed by atoms with Crippen molar-refractivity contribution >= 4 is 22.7 Å². The highest BCUT2D eigenvalue weighted by atomic mass is 19.4. The molecule has 12 heteroatoms. The molecule has 2 aliphatic heterocycles. The first kappa shape index (κ1) is 33.3. The molecule has 0 spiro atoms. The number of carbonyl (C=O) groups is 2. The van der Waals surface area contributed by atoms with E-state index in [-0.39, 0.29) is 24.2 Å². The molecule has 2 fully saturated rings. The number of halogens is 3. The van der Waals surface area contributed by atoms with Crippen LogP contribution in [0.15, 0.2) is 60.7 Å². The average molecular weight is 665 g/mol. The summed E-state index contributed by atoms with van der Waals surface area (Å²) in [6.07, 6.45) is -2.10. The lowest BCUT2D eigenvalue weighted by atomic mass is 9.76. The Labute approximate surface area is 277 Å². The number of likely N-dealkylation sites (tertiary alicyclic amines) is 2. The van der Waals surface area contributed by atoms with Crippen molar-refractivity contribution in [3.63, 3.8) is 0 Å². The zero-order chi connectivity index (χ0) is 34.1. The molecule has 2 aliphatic rings. The number of ketones is 1. The summed E-state index contributed by atoms with van der Waals surface area (Å²) >= 11 is 0. The quantitative estimate of drug-likeness (QED) is 0.197. The summed E-state index contributed by atoms with van der Waals surface area (Å²) in [5, 5.41) is 0. The number of nitrogens with zero attached hydrogens (tertiary/aromatic N) is 3. The van der Waals surface area contributed by atoms with Gasteiger partial charge in [-0.2, -0.15) is 13.2 Å². The standard InChI is InChI=1S/C36H39F3N4O5/c1-46-29-19-24(20-30(47-2)32(29)48-3)34(45)43-18-14-35(22-43,25-7-6-8-26(21-25)36(37,38)39)13-17-42-15-11-23(12-16-42)31(44)33-40-27-9-4-5-10-28(27)41-33/h4-10,19-21,23H,11-18,22H2,1-3H3,(H,40,41). The number of ether oxygens (including phenoxy) is 3. The van der Waals surface area contributed by atoms with E-state index in [1.807, 2.05) is 24.3 Å². The number of Topliss-reactive ketones (excluding diaryl/α,β-unsaturated/α-hetero) is 1. The van der Waals surface area contributed by atoms with Crippen molar-refractivity contribution in [3.05, 3.63) is 83.2 Å². The molecular formula is C36H39F3N4O5. The third-order valence-corrected chi connectivity index (χ3v) is 9.84. The average Bonchev–Trinajstić information content (AvgIpc) is 3.75. The predicted octanol–water partition coefficient (Wildman–Crippen LogP) is 6.38. The van der Waals surface area contributed by atoms with E-state index in [4.69, 9.17) is 14.2 Å². The minimum atomic E-state index is -4.49. The van der Waals surface area contributed by atoms with Crippen LogP contribution in [0.1, 0.15) is 57.8 Å². The summed E-state index contributed by atoms with van der Waals surface area (Å²) in [6, 6.07) is 16.2. The summed E-state index contributed by atoms with van der Waals surface area (Å²) in [4.78, 5) is 38.7. The number of benzene rings is 3. The number of carbonyl (C=O) groups excluding carboxylic acids is 2. The van der Waals surface area contributed by atoms with E-state index < -0.39 is 17.2 Å². The van der Waals surface area contributed by atoms with Crippen molar-refractivity contribution in [3.8, 4) is 17.2 Å². The summed E-state index contributed by atoms with van der Waals surface area (Å²) in [6.45, 7) is 2.62. The van der Waals surface area contributed by atoms with Gasteiger partial charge >= 0.3 is 6.18 Å². The monoisotopic (exact) mass is 664 g/mol. The molecule has 1 N–H and O–H groups in total. The van der Waals surface area contributed by atoms with Gasteiger partial charge in [0.2, 0.25) is 11.5 Å². The number of methoxy groups -OCH3 is 3. The molecule has 3 aromatic carbocycles. The van der Waals surface area contributed by atoms with Gasteiger partial charge in [-0.05, 0) is 81.2 Å². The van der Waals surface area contributed by atoms with Crippen LogP contribution in [-0.4, -0.2) is 85.5 Å². The van der Waals surface area contributed by atoms with E-state index in [1.165, 1.54) is 33.5 Å². The molecule has 48 heavy (non-hydrogen) atoms. The minimum Gasteiger partial charge on any atom is -0.493 e. The summed E-state index contributed by atoms with van der Waals surface area (Å²) in [5.74, 6) is 0.991. The van der Waals surface area contributed by atoms with Crippen molar-refractivity contribution < 1.29 is 37.0 Å². The van der Waals surface area contributed by atoms with Gasteiger partial charge in [0.1, 0.15) is 0 Å². The number of aromatic amines is 1. The number of nitrogens with one attached hydrogen (secondary N) is 1. The molecule has 6 rings (SSSR count). The number of fused-ring (bicyclic) bond motifs is 1. The predicted molar refractivity (Wildman–Crippen MR) is 174 cm³/mol. The van der Waals surface area contributed by atoms with E-state index in [2.05, 4.69) is 14.9 Å². The van der Waals surface area contributed by atoms with E-state index in [1.54, 1.807) is 23.1 Å². The first-order valence-electron chi connectivity index (χ1n) is 16.0. The molecule has 0 radical (unpaired) electrons. The van der Waals surface area contributed by atoms with Gasteiger partial charge in [-0.3, -0.25) is 9.59 Å². The van der Waals surface area contributed by atoms with Gasteiger partial charge in [0.05, 0.1) is 37.9 Å². The molecule has 0 aliphatic carbocycles. The third kappa shape index (κ3) is 6.58. The van der Waals surface area contributed by atoms with E-state index >= 15 is 0 Å². The molecular weight excluding hydrogens is 625 g/mol. The van der Waals surface area contributed by atoms with E-state index in [0.29, 0.717) is 86.1 Å². The Hall–Kier alpha value is -4.58. The Kier molecular flexibility index (Phi) is 9.37. The molecule has 1 unspecified atom stereocenters. The normalized spacial score (nSPS) is 19.1. The fourth-order valence-electron chi connectivity index (χ4n) is 7.10. The van der Waals surface area contributed by atoms with Crippen LogP contribution in [0, 0.1) is 5.92 Å². The van der Waals surface area contributed by atoms with Crippen LogP contribution < -0.4 is 14.2 Å². The fraction of sp³-hybridized carbons (Fsp3) is 0.417. The van der Waals surface area contributed by atoms with Gasteiger partial charge in [0, 0.05) is 30.0 Å². The zero-order valence-electron chi connectivity index (χ0n) is 27.2. The van der Waals surface area contributed by atoms with Gasteiger partial charge in [0.25, 0.3) is 5.91 Å². The molecule has 0 saturated carbocycles. The molecule has 2 saturated heterocycles. The van der Waals surface area contributed by atoms with Gasteiger partial charge < -0.3 is 29.0 Å². The van der Waals surface area contributed by atoms with E-state index in [9.17, 15) is 22.8 Å². The maximum atomic E-state index is 13.9. The molecule has 3 heterocycles. The Bertz CT molecular complexity index is 1740. The maximum absolute atomic E-state index is 13.9. The van der Waals surface area contributed by atoms with Crippen molar-refractivity contribution in [2.75, 3.05) is 54.1 Å². The lowest BCUT2D eigenvalue weighted by Crippen LogP contribution is -2.41. The number of amides is 1. The summed E-state index contributed by atoms with van der Waals surface area (Å²) in [5.41, 5.74) is 1.07. The molecule has 1 aromatic heterocycles. The number of piperidine rings is 1. The number of rotatable bonds is 10. The van der Waals surface area contributed by atoms with Crippen molar-refractivity contribution in [1.29, 1.82) is 0 Å². The highest BCUT2D eigenvalue weighted by molar-refractivity contribution is 5.97. The lowest BCUT2D eigenvalue weighted by Gasteiger charge is -2.36. The van der Waals surface area contributed by atoms with Crippen molar-refractivity contribution in [2.45, 2.75) is 37.3 Å². The highest BCUT2D eigenvalue weighted by Gasteiger charge is 2.43. The highest BCUT2D eigenvalue weighted by Crippen LogP contribution is 2.43. The third-order valence-electron chi connectivity index (χ3n) is 9.84. The van der Waals surface area contributed by atoms with Crippen LogP contribution in [0.5, 0.6) is 17.2 Å². The van der Waals surface area contributed by atoms with Gasteiger partial charge in [-0.1, -0.05) is 30.3 Å². The number of para-hydroxylation sites is 2. The molecule has 9 nitrogen and oxygen atoms in total. The molecule has 1 amide bonds. The van der Waals surface area contributed by atoms with Crippen LogP contribution in [-0.2, 0) is 11.6 Å². The van der Waals surface area contributed by atoms with Crippen LogP contribution in [0.25, 0.3) is 11.0 Å². The number of H-pyrrole nitrogens is 1. The van der Waals surface area contributed by atoms with Crippen LogP contribution >= 0.6 is 0 Å². The Morgan fingerprint density at radius 3 is 2.29 bits per heavy atom. The van der Waals surface area contributed by atoms with Gasteiger partial charge in [-0.25, -0.2) is 4.98 Å². The second kappa shape index (κ2) is 13.5. The van der Waals surface area contributed by atoms with E-state index in [0.717, 1.165) is 17.1 Å². The topological polar surface area (TPSA) is 97.0 Å². The van der Waals surface area contributed by atoms with Crippen molar-refractivity contribution in [1.82, 2.24) is 19.8 Å². The smallest absolute Gasteiger partial charge is 0.416 e. The molecule has 254 valence electrons. The molecule has 1 atom stereocenters. The van der Waals surface area contributed by atoms with Gasteiger partial charge in [0.15, 0.2) is 17.3 Å². The van der Waals surface area contributed by atoms with Crippen LogP contribution in [0.4, 0.5) is 13.2 Å². The number of alkyl halides is 3.